The third-order valence-electron chi connectivity index (χ3n) is 12.6. The number of hydrogen-bond donors (Lipinski definition) is 0. The van der Waals surface area contributed by atoms with E-state index in [1.807, 2.05) is 12.1 Å². The molecule has 0 atom stereocenters. The first-order valence-corrected chi connectivity index (χ1v) is 20.1. The highest BCUT2D eigenvalue weighted by molar-refractivity contribution is 6.29. The molecule has 5 heteroatoms. The lowest BCUT2D eigenvalue weighted by molar-refractivity contribution is 0.669. The van der Waals surface area contributed by atoms with Crippen molar-refractivity contribution in [3.8, 4) is 45.0 Å². The van der Waals surface area contributed by atoms with Crippen molar-refractivity contribution in [2.75, 3.05) is 0 Å². The number of hydrogen-bond acceptors (Lipinski definition) is 3. The van der Waals surface area contributed by atoms with Gasteiger partial charge in [-0.1, -0.05) is 140 Å². The van der Waals surface area contributed by atoms with Gasteiger partial charge >= 0.3 is 0 Å². The number of aromatic nitrogens is 4. The van der Waals surface area contributed by atoms with E-state index in [0.29, 0.717) is 0 Å². The van der Waals surface area contributed by atoms with Gasteiger partial charge in [-0.3, -0.25) is 4.57 Å². The number of nitrogens with zero attached hydrogens (tertiary/aromatic N) is 4. The van der Waals surface area contributed by atoms with Crippen LogP contribution in [0.3, 0.4) is 0 Å². The molecule has 59 heavy (non-hydrogen) atoms. The van der Waals surface area contributed by atoms with Gasteiger partial charge in [-0.05, 0) is 59.0 Å². The van der Waals surface area contributed by atoms with Crippen LogP contribution in [0.15, 0.2) is 186 Å². The highest BCUT2D eigenvalue weighted by Gasteiger charge is 2.30. The molecule has 14 rings (SSSR count). The van der Waals surface area contributed by atoms with Crippen molar-refractivity contribution in [2.24, 2.45) is 0 Å². The summed E-state index contributed by atoms with van der Waals surface area (Å²) in [4.78, 5) is 11.3. The van der Waals surface area contributed by atoms with E-state index >= 15 is 0 Å². The summed E-state index contributed by atoms with van der Waals surface area (Å²) >= 11 is 0. The van der Waals surface area contributed by atoms with Crippen molar-refractivity contribution in [1.29, 1.82) is 0 Å². The van der Waals surface area contributed by atoms with Crippen LogP contribution in [0.2, 0.25) is 0 Å². The minimum absolute atomic E-state index is 0.757. The van der Waals surface area contributed by atoms with Crippen LogP contribution in [-0.4, -0.2) is 19.1 Å². The Kier molecular flexibility index (Phi) is 5.96. The first kappa shape index (κ1) is 31.1. The molecule has 1 aliphatic heterocycles. The molecule has 1 aliphatic rings. The summed E-state index contributed by atoms with van der Waals surface area (Å²) in [6.45, 7) is 0. The zero-order valence-corrected chi connectivity index (χ0v) is 31.5. The number of benzene rings is 9. The minimum atomic E-state index is 0.757. The highest BCUT2D eigenvalue weighted by atomic mass is 16.3. The molecule has 0 spiro atoms. The van der Waals surface area contributed by atoms with Gasteiger partial charge in [0.25, 0.3) is 0 Å². The smallest absolute Gasteiger partial charge is 0.165 e. The standard InChI is InChI=1S/C54H30N4O/c1-2-15-32-31(14-1)28-29-42-50(32)56-51(40-23-13-22-38-36-19-8-12-27-47(36)59-53(38)40)54(55-42)58-45-26-11-7-21-39(45)48-46(58)30-41-35-18-6-10-25-44(35)57-43-24-9-5-17-34(43)33-16-3-4-20-37(33)49(48)52(41)57/h1-30H. The van der Waals surface area contributed by atoms with E-state index in [1.54, 1.807) is 0 Å². The quantitative estimate of drug-likeness (QED) is 0.165. The molecular formula is C54H30N4O. The fourth-order valence-corrected chi connectivity index (χ4v) is 10.2. The normalized spacial score (nSPS) is 12.4. The van der Waals surface area contributed by atoms with E-state index in [2.05, 4.69) is 179 Å². The maximum Gasteiger partial charge on any atom is 0.165 e. The van der Waals surface area contributed by atoms with Gasteiger partial charge in [0, 0.05) is 54.4 Å². The largest absolute Gasteiger partial charge is 0.455 e. The average molecular weight is 751 g/mol. The molecule has 272 valence electrons. The van der Waals surface area contributed by atoms with Gasteiger partial charge in [-0.25, -0.2) is 9.97 Å². The summed E-state index contributed by atoms with van der Waals surface area (Å²) in [5.74, 6) is 0.757. The Balaban J connectivity index is 1.21. The van der Waals surface area contributed by atoms with E-state index in [1.165, 1.54) is 55.1 Å². The Bertz CT molecular complexity index is 3980. The lowest BCUT2D eigenvalue weighted by Crippen LogP contribution is -2.04. The molecule has 0 amide bonds. The average Bonchev–Trinajstić information content (AvgIpc) is 3.93. The molecule has 0 radical (unpaired) electrons. The van der Waals surface area contributed by atoms with Gasteiger partial charge in [0.05, 0.1) is 38.8 Å². The second-order valence-electron chi connectivity index (χ2n) is 15.6. The van der Waals surface area contributed by atoms with Gasteiger partial charge in [0.2, 0.25) is 0 Å². The van der Waals surface area contributed by atoms with Crippen LogP contribution in [0.5, 0.6) is 0 Å². The van der Waals surface area contributed by atoms with Gasteiger partial charge in [0.15, 0.2) is 5.82 Å². The van der Waals surface area contributed by atoms with E-state index in [0.717, 1.165) is 77.2 Å². The molecule has 13 aromatic rings. The molecule has 0 unspecified atom stereocenters. The van der Waals surface area contributed by atoms with Crippen LogP contribution in [0.25, 0.3) is 132 Å². The highest BCUT2D eigenvalue weighted by Crippen LogP contribution is 2.52. The molecule has 4 aromatic heterocycles. The van der Waals surface area contributed by atoms with E-state index in [-0.39, 0.29) is 0 Å². The number of para-hydroxylation sites is 5. The second-order valence-corrected chi connectivity index (χ2v) is 15.6. The number of fused-ring (bicyclic) bond motifs is 18. The maximum absolute atomic E-state index is 6.74. The summed E-state index contributed by atoms with van der Waals surface area (Å²) in [5, 5.41) is 9.07. The van der Waals surface area contributed by atoms with Gasteiger partial charge in [-0.2, -0.15) is 0 Å². The summed E-state index contributed by atoms with van der Waals surface area (Å²) in [5.41, 5.74) is 15.6. The van der Waals surface area contributed by atoms with E-state index in [4.69, 9.17) is 14.4 Å². The molecule has 0 aliphatic carbocycles. The first-order chi connectivity index (χ1) is 29.3. The van der Waals surface area contributed by atoms with Crippen LogP contribution in [0, 0.1) is 0 Å². The van der Waals surface area contributed by atoms with Crippen LogP contribution < -0.4 is 0 Å². The predicted octanol–water partition coefficient (Wildman–Crippen LogP) is 14.2. The topological polar surface area (TPSA) is 48.8 Å². The molecule has 9 aromatic carbocycles. The van der Waals surface area contributed by atoms with Crippen molar-refractivity contribution < 1.29 is 4.42 Å². The van der Waals surface area contributed by atoms with Gasteiger partial charge < -0.3 is 8.98 Å². The van der Waals surface area contributed by atoms with Crippen LogP contribution >= 0.6 is 0 Å². The van der Waals surface area contributed by atoms with Crippen molar-refractivity contribution in [3.05, 3.63) is 182 Å². The van der Waals surface area contributed by atoms with Crippen LogP contribution in [0.4, 0.5) is 0 Å². The summed E-state index contributed by atoms with van der Waals surface area (Å²) < 4.78 is 11.6. The second kappa shape index (κ2) is 11.3. The van der Waals surface area contributed by atoms with Crippen molar-refractivity contribution >= 4 is 87.4 Å². The number of furan rings is 1. The molecule has 0 saturated heterocycles. The zero-order chi connectivity index (χ0) is 38.3. The zero-order valence-electron chi connectivity index (χ0n) is 31.5. The van der Waals surface area contributed by atoms with Crippen molar-refractivity contribution in [2.45, 2.75) is 0 Å². The molecule has 5 nitrogen and oxygen atoms in total. The monoisotopic (exact) mass is 750 g/mol. The molecule has 0 saturated carbocycles. The lowest BCUT2D eigenvalue weighted by Gasteiger charge is -2.16. The number of rotatable bonds is 2. The molecule has 0 N–H and O–H groups in total. The predicted molar refractivity (Wildman–Crippen MR) is 243 cm³/mol. The van der Waals surface area contributed by atoms with Gasteiger partial charge in [-0.15, -0.1) is 0 Å². The molecular weight excluding hydrogens is 721 g/mol. The molecule has 0 fully saturated rings. The fraction of sp³-hybridized carbons (Fsp3) is 0. The van der Waals surface area contributed by atoms with Crippen LogP contribution in [-0.2, 0) is 0 Å². The Morgan fingerprint density at radius 3 is 1.97 bits per heavy atom. The summed E-state index contributed by atoms with van der Waals surface area (Å²) in [6.07, 6.45) is 0. The van der Waals surface area contributed by atoms with Gasteiger partial charge in [0.1, 0.15) is 16.9 Å². The Morgan fingerprint density at radius 1 is 0.424 bits per heavy atom. The minimum Gasteiger partial charge on any atom is -0.455 e. The van der Waals surface area contributed by atoms with Crippen molar-refractivity contribution in [3.63, 3.8) is 0 Å². The third-order valence-corrected chi connectivity index (χ3v) is 12.6. The fourth-order valence-electron chi connectivity index (χ4n) is 10.2. The van der Waals surface area contributed by atoms with Crippen molar-refractivity contribution in [1.82, 2.24) is 19.1 Å². The third kappa shape index (κ3) is 4.03. The molecule has 0 bridgehead atoms. The van der Waals surface area contributed by atoms with E-state index < -0.39 is 0 Å². The van der Waals surface area contributed by atoms with E-state index in [9.17, 15) is 0 Å². The maximum atomic E-state index is 6.74. The summed E-state index contributed by atoms with van der Waals surface area (Å²) in [7, 11) is 0. The summed E-state index contributed by atoms with van der Waals surface area (Å²) in [6, 6.07) is 65.1. The van der Waals surface area contributed by atoms with Crippen LogP contribution in [0.1, 0.15) is 0 Å². The molecule has 5 heterocycles. The Labute approximate surface area is 336 Å². The first-order valence-electron chi connectivity index (χ1n) is 20.1. The lowest BCUT2D eigenvalue weighted by atomic mass is 9.91. The SMILES string of the molecule is c1ccc2c(c1)-c1ccccc1-n1c3ccccc3c3cc4c(c-2c31)c1ccccc1n4-c1nc2ccc3ccccc3c2nc1-c1cccc2c1oc1ccccc12. The Morgan fingerprint density at radius 2 is 1.08 bits per heavy atom. The Hall–Kier alpha value is -8.02.